The second-order valence-corrected chi connectivity index (χ2v) is 5.87. The van der Waals surface area contributed by atoms with E-state index in [1.807, 2.05) is 0 Å². The predicted octanol–water partition coefficient (Wildman–Crippen LogP) is 0.0258. The molecule has 2 amide bonds. The van der Waals surface area contributed by atoms with Gasteiger partial charge in [-0.1, -0.05) is 11.3 Å². The average molecular weight is 350 g/mol. The number of nitrogens with zero attached hydrogens (tertiary/aromatic N) is 4. The van der Waals surface area contributed by atoms with E-state index in [2.05, 4.69) is 20.5 Å². The quantitative estimate of drug-likeness (QED) is 0.771. The highest BCUT2D eigenvalue weighted by atomic mass is 32.1. The van der Waals surface area contributed by atoms with Crippen molar-refractivity contribution >= 4 is 39.9 Å². The van der Waals surface area contributed by atoms with E-state index in [4.69, 9.17) is 15.2 Å². The molecule has 3 heterocycles. The molecule has 0 unspecified atom stereocenters. The van der Waals surface area contributed by atoms with Crippen LogP contribution in [0.3, 0.4) is 0 Å². The van der Waals surface area contributed by atoms with Gasteiger partial charge in [-0.25, -0.2) is 4.98 Å². The van der Waals surface area contributed by atoms with Crippen molar-refractivity contribution in [2.24, 2.45) is 0 Å². The van der Waals surface area contributed by atoms with Crippen LogP contribution in [0.5, 0.6) is 5.75 Å². The summed E-state index contributed by atoms with van der Waals surface area (Å²) in [5.41, 5.74) is 5.64. The molecule has 11 heteroatoms. The summed E-state index contributed by atoms with van der Waals surface area (Å²) in [5, 5.41) is 11.3. The van der Waals surface area contributed by atoms with E-state index in [9.17, 15) is 9.59 Å². The van der Waals surface area contributed by atoms with Gasteiger partial charge >= 0.3 is 0 Å². The molecule has 2 aromatic rings. The van der Waals surface area contributed by atoms with E-state index >= 15 is 0 Å². The number of hydrogen-bond donors (Lipinski definition) is 2. The molecular weight excluding hydrogens is 336 g/mol. The van der Waals surface area contributed by atoms with Gasteiger partial charge in [0.05, 0.1) is 0 Å². The van der Waals surface area contributed by atoms with Crippen LogP contribution in [0.4, 0.5) is 16.8 Å². The maximum Gasteiger partial charge on any atom is 0.266 e. The smallest absolute Gasteiger partial charge is 0.266 e. The van der Waals surface area contributed by atoms with Crippen LogP contribution in [0, 0.1) is 0 Å². The van der Waals surface area contributed by atoms with Crippen molar-refractivity contribution in [3.8, 4) is 5.75 Å². The van der Waals surface area contributed by atoms with Gasteiger partial charge in [-0.3, -0.25) is 19.8 Å². The number of anilines is 3. The summed E-state index contributed by atoms with van der Waals surface area (Å²) < 4.78 is 10.2. The minimum absolute atomic E-state index is 0.164. The number of methoxy groups -OCH3 is 1. The Hall–Kier alpha value is -2.79. The summed E-state index contributed by atoms with van der Waals surface area (Å²) in [6.07, 6.45) is 0. The number of nitrogens with two attached hydrogens (primary N) is 1. The fraction of sp³-hybridized carbons (Fsp3) is 0.308. The summed E-state index contributed by atoms with van der Waals surface area (Å²) in [6, 6.07) is 3.17. The van der Waals surface area contributed by atoms with Crippen LogP contribution in [-0.2, 0) is 20.9 Å². The maximum absolute atomic E-state index is 12.2. The van der Waals surface area contributed by atoms with Crippen LogP contribution < -0.4 is 20.7 Å². The van der Waals surface area contributed by atoms with Gasteiger partial charge in [-0.15, -0.1) is 10.2 Å². The molecule has 0 aliphatic carbocycles. The van der Waals surface area contributed by atoms with Crippen LogP contribution in [0.15, 0.2) is 12.1 Å². The Labute approximate surface area is 140 Å². The van der Waals surface area contributed by atoms with Crippen molar-refractivity contribution in [3.63, 3.8) is 0 Å². The van der Waals surface area contributed by atoms with E-state index in [1.165, 1.54) is 16.2 Å². The molecule has 0 atom stereocenters. The Morgan fingerprint density at radius 1 is 1.50 bits per heavy atom. The predicted molar refractivity (Wildman–Crippen MR) is 85.7 cm³/mol. The van der Waals surface area contributed by atoms with Crippen LogP contribution in [0.25, 0.3) is 0 Å². The van der Waals surface area contributed by atoms with Crippen molar-refractivity contribution < 1.29 is 19.1 Å². The van der Waals surface area contributed by atoms with Crippen molar-refractivity contribution in [2.45, 2.75) is 6.61 Å². The number of fused-ring (bicyclic) bond motifs is 1. The molecule has 2 aromatic heterocycles. The van der Waals surface area contributed by atoms with Crippen molar-refractivity contribution in [1.82, 2.24) is 15.2 Å². The van der Waals surface area contributed by atoms with E-state index < -0.39 is 5.91 Å². The molecule has 1 aliphatic rings. The Morgan fingerprint density at radius 3 is 3.12 bits per heavy atom. The third-order valence-electron chi connectivity index (χ3n) is 3.05. The van der Waals surface area contributed by atoms with Crippen molar-refractivity contribution in [2.75, 3.05) is 36.2 Å². The standard InChI is InChI=1S/C13H14N6O4S/c1-22-5-10-17-18-13(24-10)16-9(20)4-19-11(21)6-23-7-2-3-8(14)15-12(7)19/h2-3H,4-6H2,1H3,(H2,14,15)(H,16,18,20). The zero-order valence-corrected chi connectivity index (χ0v) is 13.5. The fourth-order valence-corrected chi connectivity index (χ4v) is 2.77. The third kappa shape index (κ3) is 3.41. The molecule has 24 heavy (non-hydrogen) atoms. The summed E-state index contributed by atoms with van der Waals surface area (Å²) in [4.78, 5) is 29.5. The minimum Gasteiger partial charge on any atom is -0.480 e. The van der Waals surface area contributed by atoms with E-state index in [0.29, 0.717) is 22.5 Å². The van der Waals surface area contributed by atoms with Gasteiger partial charge in [0, 0.05) is 7.11 Å². The summed E-state index contributed by atoms with van der Waals surface area (Å²) in [6.45, 7) is -0.0838. The summed E-state index contributed by atoms with van der Waals surface area (Å²) in [7, 11) is 1.54. The Balaban J connectivity index is 1.71. The lowest BCUT2D eigenvalue weighted by Gasteiger charge is -2.27. The molecule has 10 nitrogen and oxygen atoms in total. The molecule has 1 aliphatic heterocycles. The highest BCUT2D eigenvalue weighted by Gasteiger charge is 2.29. The highest BCUT2D eigenvalue weighted by molar-refractivity contribution is 7.15. The fourth-order valence-electron chi connectivity index (χ4n) is 2.04. The Morgan fingerprint density at radius 2 is 2.33 bits per heavy atom. The van der Waals surface area contributed by atoms with Gasteiger partial charge in [0.1, 0.15) is 24.0 Å². The normalized spacial score (nSPS) is 13.4. The molecule has 0 bridgehead atoms. The second-order valence-electron chi connectivity index (χ2n) is 4.81. The summed E-state index contributed by atoms with van der Waals surface area (Å²) in [5.74, 6) is 0.0352. The summed E-state index contributed by atoms with van der Waals surface area (Å²) >= 11 is 1.19. The number of rotatable bonds is 5. The van der Waals surface area contributed by atoms with Crippen molar-refractivity contribution in [1.29, 1.82) is 0 Å². The lowest BCUT2D eigenvalue weighted by Crippen LogP contribution is -2.44. The number of amides is 2. The first-order valence-corrected chi connectivity index (χ1v) is 7.69. The Kier molecular flexibility index (Phi) is 4.53. The van der Waals surface area contributed by atoms with Crippen LogP contribution in [0.2, 0.25) is 0 Å². The monoisotopic (exact) mass is 350 g/mol. The largest absolute Gasteiger partial charge is 0.480 e. The zero-order chi connectivity index (χ0) is 17.1. The first-order valence-electron chi connectivity index (χ1n) is 6.87. The average Bonchev–Trinajstić information content (AvgIpc) is 2.98. The van der Waals surface area contributed by atoms with Gasteiger partial charge in [0.25, 0.3) is 5.91 Å². The number of pyridine rings is 1. The first-order chi connectivity index (χ1) is 11.6. The van der Waals surface area contributed by atoms with Gasteiger partial charge in [-0.2, -0.15) is 0 Å². The lowest BCUT2D eigenvalue weighted by molar-refractivity contribution is -0.123. The number of carbonyl (C=O) groups excluding carboxylic acids is 2. The van der Waals surface area contributed by atoms with E-state index in [-0.39, 0.29) is 30.7 Å². The van der Waals surface area contributed by atoms with Crippen LogP contribution in [-0.4, -0.2) is 47.3 Å². The maximum atomic E-state index is 12.2. The number of ether oxygens (including phenoxy) is 2. The number of carbonyl (C=O) groups is 2. The Bertz CT molecular complexity index is 780. The molecule has 0 saturated heterocycles. The molecule has 126 valence electrons. The SMILES string of the molecule is COCc1nnc(NC(=O)CN2C(=O)COc3ccc(N)nc32)s1. The van der Waals surface area contributed by atoms with E-state index in [0.717, 1.165) is 0 Å². The molecule has 0 saturated carbocycles. The highest BCUT2D eigenvalue weighted by Crippen LogP contribution is 2.30. The number of nitrogens with one attached hydrogen (secondary N) is 1. The van der Waals surface area contributed by atoms with Gasteiger partial charge in [0.15, 0.2) is 18.2 Å². The molecule has 0 aromatic carbocycles. The van der Waals surface area contributed by atoms with Gasteiger partial charge in [0.2, 0.25) is 11.0 Å². The van der Waals surface area contributed by atoms with Crippen molar-refractivity contribution in [3.05, 3.63) is 17.1 Å². The topological polar surface area (TPSA) is 133 Å². The van der Waals surface area contributed by atoms with Crippen LogP contribution >= 0.6 is 11.3 Å². The zero-order valence-electron chi connectivity index (χ0n) is 12.7. The molecule has 0 spiro atoms. The van der Waals surface area contributed by atoms with Gasteiger partial charge in [-0.05, 0) is 12.1 Å². The molecule has 0 fully saturated rings. The van der Waals surface area contributed by atoms with E-state index in [1.54, 1.807) is 19.2 Å². The molecular formula is C13H14N6O4S. The molecule has 3 N–H and O–H groups in total. The first kappa shape index (κ1) is 16.1. The number of nitrogen functional groups attached to an aromatic ring is 1. The second kappa shape index (κ2) is 6.76. The molecule has 3 rings (SSSR count). The third-order valence-corrected chi connectivity index (χ3v) is 3.86. The van der Waals surface area contributed by atoms with Crippen LogP contribution in [0.1, 0.15) is 5.01 Å². The lowest BCUT2D eigenvalue weighted by atomic mass is 10.3. The van der Waals surface area contributed by atoms with Gasteiger partial charge < -0.3 is 15.2 Å². The number of hydrogen-bond acceptors (Lipinski definition) is 9. The minimum atomic E-state index is -0.430. The molecule has 0 radical (unpaired) electrons. The number of aromatic nitrogens is 3.